The van der Waals surface area contributed by atoms with E-state index in [1.807, 2.05) is 12.3 Å². The van der Waals surface area contributed by atoms with Crippen molar-refractivity contribution in [2.75, 3.05) is 0 Å². The second-order valence-corrected chi connectivity index (χ2v) is 6.38. The van der Waals surface area contributed by atoms with Gasteiger partial charge in [0, 0.05) is 17.5 Å². The van der Waals surface area contributed by atoms with E-state index in [1.54, 1.807) is 6.08 Å². The SMILES string of the molecule is Cc1nc(/C=C/C(=O)NC2CCCCCC2C(=O)O)cs1. The molecule has 1 fully saturated rings. The number of carbonyl (C=O) groups is 2. The van der Waals surface area contributed by atoms with Crippen LogP contribution in [0.4, 0.5) is 0 Å². The lowest BCUT2D eigenvalue weighted by atomic mass is 9.95. The Hall–Kier alpha value is -1.69. The second-order valence-electron chi connectivity index (χ2n) is 5.32. The van der Waals surface area contributed by atoms with Gasteiger partial charge in [0.1, 0.15) is 0 Å². The molecule has 1 aromatic rings. The standard InChI is InChI=1S/C15H20N2O3S/c1-10-16-11(9-21-10)7-8-14(18)17-13-6-4-2-3-5-12(13)15(19)20/h7-9,12-13H,2-6H2,1H3,(H,17,18)(H,19,20)/b8-7+. The third-order valence-electron chi connectivity index (χ3n) is 3.70. The van der Waals surface area contributed by atoms with E-state index in [0.29, 0.717) is 6.42 Å². The molecule has 0 radical (unpaired) electrons. The fourth-order valence-electron chi connectivity index (χ4n) is 2.62. The number of aliphatic carboxylic acids is 1. The maximum absolute atomic E-state index is 12.0. The van der Waals surface area contributed by atoms with Crippen molar-refractivity contribution in [2.45, 2.75) is 45.1 Å². The summed E-state index contributed by atoms with van der Waals surface area (Å²) in [6.07, 6.45) is 7.36. The number of carbonyl (C=O) groups excluding carboxylic acids is 1. The van der Waals surface area contributed by atoms with E-state index in [4.69, 9.17) is 0 Å². The van der Waals surface area contributed by atoms with Crippen LogP contribution in [0.5, 0.6) is 0 Å². The van der Waals surface area contributed by atoms with Gasteiger partial charge in [0.25, 0.3) is 0 Å². The van der Waals surface area contributed by atoms with Gasteiger partial charge in [0.05, 0.1) is 16.6 Å². The van der Waals surface area contributed by atoms with Crippen LogP contribution in [0, 0.1) is 12.8 Å². The molecule has 2 unspecified atom stereocenters. The van der Waals surface area contributed by atoms with Crippen LogP contribution in [-0.4, -0.2) is 28.0 Å². The molecule has 2 atom stereocenters. The Balaban J connectivity index is 1.96. The van der Waals surface area contributed by atoms with E-state index in [-0.39, 0.29) is 11.9 Å². The normalized spacial score (nSPS) is 22.9. The fraction of sp³-hybridized carbons (Fsp3) is 0.533. The van der Waals surface area contributed by atoms with Gasteiger partial charge in [-0.25, -0.2) is 4.98 Å². The molecule has 1 aliphatic carbocycles. The van der Waals surface area contributed by atoms with Crippen LogP contribution in [-0.2, 0) is 9.59 Å². The average molecular weight is 308 g/mol. The summed E-state index contributed by atoms with van der Waals surface area (Å²) in [5, 5.41) is 14.9. The maximum Gasteiger partial charge on any atom is 0.308 e. The first kappa shape index (κ1) is 15.7. The number of aromatic nitrogens is 1. The third kappa shape index (κ3) is 4.67. The van der Waals surface area contributed by atoms with E-state index in [2.05, 4.69) is 10.3 Å². The van der Waals surface area contributed by atoms with Gasteiger partial charge in [0.15, 0.2) is 0 Å². The first-order valence-corrected chi connectivity index (χ1v) is 8.08. The highest BCUT2D eigenvalue weighted by molar-refractivity contribution is 7.09. The minimum absolute atomic E-state index is 0.251. The molecule has 0 bridgehead atoms. The molecule has 6 heteroatoms. The topological polar surface area (TPSA) is 79.3 Å². The van der Waals surface area contributed by atoms with Crippen molar-refractivity contribution in [3.8, 4) is 0 Å². The van der Waals surface area contributed by atoms with Crippen molar-refractivity contribution in [2.24, 2.45) is 5.92 Å². The fourth-order valence-corrected chi connectivity index (χ4v) is 3.21. The lowest BCUT2D eigenvalue weighted by Crippen LogP contribution is -2.42. The van der Waals surface area contributed by atoms with Gasteiger partial charge in [0.2, 0.25) is 5.91 Å². The summed E-state index contributed by atoms with van der Waals surface area (Å²) in [4.78, 5) is 27.5. The molecular formula is C15H20N2O3S. The number of rotatable bonds is 4. The highest BCUT2D eigenvalue weighted by Crippen LogP contribution is 2.23. The monoisotopic (exact) mass is 308 g/mol. The first-order chi connectivity index (χ1) is 10.1. The molecule has 1 saturated carbocycles. The largest absolute Gasteiger partial charge is 0.481 e. The summed E-state index contributed by atoms with van der Waals surface area (Å²) >= 11 is 1.53. The molecule has 0 aliphatic heterocycles. The first-order valence-electron chi connectivity index (χ1n) is 7.20. The van der Waals surface area contributed by atoms with Gasteiger partial charge in [-0.2, -0.15) is 0 Å². The molecule has 0 spiro atoms. The number of nitrogens with zero attached hydrogens (tertiary/aromatic N) is 1. The van der Waals surface area contributed by atoms with Crippen LogP contribution in [0.3, 0.4) is 0 Å². The Morgan fingerprint density at radius 1 is 1.38 bits per heavy atom. The van der Waals surface area contributed by atoms with Gasteiger partial charge < -0.3 is 10.4 Å². The molecule has 114 valence electrons. The predicted octanol–water partition coefficient (Wildman–Crippen LogP) is 2.61. The lowest BCUT2D eigenvalue weighted by Gasteiger charge is -2.22. The summed E-state index contributed by atoms with van der Waals surface area (Å²) in [6.45, 7) is 1.91. The molecule has 1 aliphatic rings. The van der Waals surface area contributed by atoms with Gasteiger partial charge >= 0.3 is 5.97 Å². The van der Waals surface area contributed by atoms with Crippen LogP contribution < -0.4 is 5.32 Å². The number of hydrogen-bond donors (Lipinski definition) is 2. The van der Waals surface area contributed by atoms with Gasteiger partial charge in [-0.1, -0.05) is 19.3 Å². The maximum atomic E-state index is 12.0. The highest BCUT2D eigenvalue weighted by Gasteiger charge is 2.30. The van der Waals surface area contributed by atoms with Gasteiger partial charge in [-0.3, -0.25) is 9.59 Å². The van der Waals surface area contributed by atoms with E-state index in [0.717, 1.165) is 36.4 Å². The van der Waals surface area contributed by atoms with Crippen molar-refractivity contribution >= 4 is 29.3 Å². The molecule has 5 nitrogen and oxygen atoms in total. The van der Waals surface area contributed by atoms with Crippen LogP contribution in [0.1, 0.15) is 42.8 Å². The van der Waals surface area contributed by atoms with Crippen LogP contribution >= 0.6 is 11.3 Å². The van der Waals surface area contributed by atoms with Gasteiger partial charge in [-0.15, -0.1) is 11.3 Å². The van der Waals surface area contributed by atoms with E-state index in [9.17, 15) is 14.7 Å². The molecular weight excluding hydrogens is 288 g/mol. The summed E-state index contributed by atoms with van der Waals surface area (Å²) in [5.74, 6) is -1.55. The van der Waals surface area contributed by atoms with Crippen molar-refractivity contribution in [1.29, 1.82) is 0 Å². The molecule has 2 rings (SSSR count). The number of amides is 1. The summed E-state index contributed by atoms with van der Waals surface area (Å²) < 4.78 is 0. The van der Waals surface area contributed by atoms with Crippen molar-refractivity contribution in [3.63, 3.8) is 0 Å². The number of hydrogen-bond acceptors (Lipinski definition) is 4. The van der Waals surface area contributed by atoms with Crippen molar-refractivity contribution in [3.05, 3.63) is 22.2 Å². The zero-order chi connectivity index (χ0) is 15.2. The van der Waals surface area contributed by atoms with Crippen LogP contribution in [0.25, 0.3) is 6.08 Å². The van der Waals surface area contributed by atoms with Gasteiger partial charge in [-0.05, 0) is 25.8 Å². The van der Waals surface area contributed by atoms with Crippen LogP contribution in [0.15, 0.2) is 11.5 Å². The zero-order valence-corrected chi connectivity index (χ0v) is 12.9. The number of carboxylic acids is 1. The molecule has 1 aromatic heterocycles. The van der Waals surface area contributed by atoms with Crippen molar-refractivity contribution < 1.29 is 14.7 Å². The number of thiazole rings is 1. The Labute approximate surface area is 128 Å². The number of nitrogens with one attached hydrogen (secondary N) is 1. The molecule has 2 N–H and O–H groups in total. The Kier molecular flexibility index (Phi) is 5.50. The number of carboxylic acid groups (broad SMARTS) is 1. The average Bonchev–Trinajstić information content (AvgIpc) is 2.70. The Morgan fingerprint density at radius 3 is 2.81 bits per heavy atom. The predicted molar refractivity (Wildman–Crippen MR) is 82.0 cm³/mol. The van der Waals surface area contributed by atoms with E-state index < -0.39 is 11.9 Å². The summed E-state index contributed by atoms with van der Waals surface area (Å²) in [5.41, 5.74) is 0.753. The zero-order valence-electron chi connectivity index (χ0n) is 12.0. The van der Waals surface area contributed by atoms with E-state index >= 15 is 0 Å². The molecule has 21 heavy (non-hydrogen) atoms. The third-order valence-corrected chi connectivity index (χ3v) is 4.49. The second kappa shape index (κ2) is 7.36. The summed E-state index contributed by atoms with van der Waals surface area (Å²) in [6, 6.07) is -0.278. The summed E-state index contributed by atoms with van der Waals surface area (Å²) in [7, 11) is 0. The quantitative estimate of drug-likeness (QED) is 0.662. The van der Waals surface area contributed by atoms with Crippen LogP contribution in [0.2, 0.25) is 0 Å². The Morgan fingerprint density at radius 2 is 2.14 bits per heavy atom. The smallest absolute Gasteiger partial charge is 0.308 e. The minimum Gasteiger partial charge on any atom is -0.481 e. The highest BCUT2D eigenvalue weighted by atomic mass is 32.1. The molecule has 0 aromatic carbocycles. The minimum atomic E-state index is -0.818. The molecule has 0 saturated heterocycles. The Bertz CT molecular complexity index is 539. The molecule has 1 amide bonds. The van der Waals surface area contributed by atoms with E-state index in [1.165, 1.54) is 17.4 Å². The van der Waals surface area contributed by atoms with Crippen molar-refractivity contribution in [1.82, 2.24) is 10.3 Å². The molecule has 1 heterocycles. The number of aryl methyl sites for hydroxylation is 1. The lowest BCUT2D eigenvalue weighted by molar-refractivity contribution is -0.143.